The first-order valence-corrected chi connectivity index (χ1v) is 6.87. The second kappa shape index (κ2) is 7.58. The molecule has 0 fully saturated rings. The van der Waals surface area contributed by atoms with Gasteiger partial charge in [-0.3, -0.25) is 0 Å². The normalized spacial score (nSPS) is 10.3. The van der Waals surface area contributed by atoms with E-state index < -0.39 is 0 Å². The summed E-state index contributed by atoms with van der Waals surface area (Å²) in [5.41, 5.74) is 3.95. The van der Waals surface area contributed by atoms with Crippen LogP contribution in [0.4, 0.5) is 5.69 Å². The molecule has 0 bridgehead atoms. The van der Waals surface area contributed by atoms with Crippen molar-refractivity contribution in [2.24, 2.45) is 4.99 Å². The van der Waals surface area contributed by atoms with E-state index in [0.29, 0.717) is 27.9 Å². The lowest BCUT2D eigenvalue weighted by molar-refractivity contribution is 0.267. The van der Waals surface area contributed by atoms with Crippen LogP contribution in [0.3, 0.4) is 0 Å². The summed E-state index contributed by atoms with van der Waals surface area (Å²) >= 11 is 12.2. The number of terminal acetylenes is 1. The largest absolute Gasteiger partial charge is 0.381 e. The highest BCUT2D eigenvalue weighted by Crippen LogP contribution is 2.30. The van der Waals surface area contributed by atoms with Gasteiger partial charge in [0.1, 0.15) is 6.34 Å². The second-order valence-electron chi connectivity index (χ2n) is 4.06. The molecule has 2 rings (SSSR count). The Labute approximate surface area is 133 Å². The van der Waals surface area contributed by atoms with Gasteiger partial charge in [-0.15, -0.1) is 12.3 Å². The predicted octanol–water partition coefficient (Wildman–Crippen LogP) is 4.41. The zero-order chi connectivity index (χ0) is 15.1. The maximum absolute atomic E-state index is 6.12. The van der Waals surface area contributed by atoms with Gasteiger partial charge in [0.2, 0.25) is 0 Å². The van der Waals surface area contributed by atoms with Crippen LogP contribution in [0.5, 0.6) is 5.75 Å². The van der Waals surface area contributed by atoms with Crippen LogP contribution in [0.1, 0.15) is 5.56 Å². The number of rotatable bonds is 5. The van der Waals surface area contributed by atoms with Gasteiger partial charge in [-0.1, -0.05) is 41.4 Å². The summed E-state index contributed by atoms with van der Waals surface area (Å²) in [5, 5.41) is 0.994. The molecule has 0 heterocycles. The molecule has 1 N–H and O–H groups in total. The molecule has 0 atom stereocenters. The summed E-state index contributed by atoms with van der Waals surface area (Å²) < 4.78 is 0. The monoisotopic (exact) mass is 318 g/mol. The van der Waals surface area contributed by atoms with Crippen molar-refractivity contribution >= 4 is 35.2 Å². The third kappa shape index (κ3) is 4.42. The van der Waals surface area contributed by atoms with Crippen LogP contribution in [0.2, 0.25) is 10.0 Å². The first kappa shape index (κ1) is 15.2. The molecular weight excluding hydrogens is 307 g/mol. The molecule has 5 heteroatoms. The molecule has 0 saturated carbocycles. The molecule has 0 aromatic heterocycles. The second-order valence-corrected chi connectivity index (χ2v) is 4.87. The lowest BCUT2D eigenvalue weighted by atomic mass is 10.1. The zero-order valence-corrected chi connectivity index (χ0v) is 12.5. The topological polar surface area (TPSA) is 33.6 Å². The molecule has 21 heavy (non-hydrogen) atoms. The molecule has 2 aromatic carbocycles. The van der Waals surface area contributed by atoms with Gasteiger partial charge in [-0.25, -0.2) is 10.5 Å². The Morgan fingerprint density at radius 3 is 2.48 bits per heavy atom. The Morgan fingerprint density at radius 1 is 1.19 bits per heavy atom. The highest BCUT2D eigenvalue weighted by molar-refractivity contribution is 6.36. The average Bonchev–Trinajstić information content (AvgIpc) is 2.48. The van der Waals surface area contributed by atoms with Gasteiger partial charge >= 0.3 is 0 Å². The fourth-order valence-electron chi connectivity index (χ4n) is 1.62. The van der Waals surface area contributed by atoms with Crippen LogP contribution >= 0.6 is 23.2 Å². The van der Waals surface area contributed by atoms with E-state index in [-0.39, 0.29) is 0 Å². The molecule has 0 amide bonds. The summed E-state index contributed by atoms with van der Waals surface area (Å²) in [6.45, 7) is 0. The summed E-state index contributed by atoms with van der Waals surface area (Å²) in [7, 11) is 0. The number of halogens is 2. The van der Waals surface area contributed by atoms with Crippen LogP contribution in [-0.4, -0.2) is 6.34 Å². The van der Waals surface area contributed by atoms with E-state index in [9.17, 15) is 0 Å². The van der Waals surface area contributed by atoms with E-state index in [2.05, 4.69) is 16.4 Å². The number of hydroxylamine groups is 1. The fraction of sp³-hybridized carbons (Fsp3) is 0.0625. The van der Waals surface area contributed by atoms with Crippen LogP contribution in [0.25, 0.3) is 0 Å². The maximum Gasteiger partial charge on any atom is 0.155 e. The van der Waals surface area contributed by atoms with Crippen LogP contribution in [-0.2, 0) is 6.42 Å². The number of para-hydroxylation sites is 1. The van der Waals surface area contributed by atoms with E-state index >= 15 is 0 Å². The summed E-state index contributed by atoms with van der Waals surface area (Å²) in [5.74, 6) is 3.20. The van der Waals surface area contributed by atoms with Crippen LogP contribution in [0.15, 0.2) is 47.5 Å². The van der Waals surface area contributed by atoms with Crippen LogP contribution < -0.4 is 10.3 Å². The average molecular weight is 319 g/mol. The lowest BCUT2D eigenvalue weighted by Gasteiger charge is -2.05. The van der Waals surface area contributed by atoms with E-state index in [0.717, 1.165) is 5.56 Å². The number of benzene rings is 2. The van der Waals surface area contributed by atoms with Crippen molar-refractivity contribution < 1.29 is 4.84 Å². The fourth-order valence-corrected chi connectivity index (χ4v) is 2.23. The predicted molar refractivity (Wildman–Crippen MR) is 87.4 cm³/mol. The Hall–Kier alpha value is -2.15. The van der Waals surface area contributed by atoms with Crippen molar-refractivity contribution in [3.8, 4) is 18.1 Å². The molecule has 0 unspecified atom stereocenters. The molecule has 0 spiro atoms. The highest BCUT2D eigenvalue weighted by Gasteiger charge is 2.06. The molecule has 0 saturated heterocycles. The van der Waals surface area contributed by atoms with Crippen molar-refractivity contribution in [2.75, 3.05) is 0 Å². The van der Waals surface area contributed by atoms with Gasteiger partial charge < -0.3 is 4.84 Å². The first-order chi connectivity index (χ1) is 10.2. The molecular formula is C16H12Cl2N2O. The standard InChI is InChI=1S/C16H12Cl2N2O/c1-2-6-14-15(17)9-12(10-16(14)18)19-11-20-21-13-7-4-3-5-8-13/h1,3-5,7-11H,6H2,(H,19,20). The molecule has 0 radical (unpaired) electrons. The maximum atomic E-state index is 6.12. The minimum absolute atomic E-state index is 0.386. The molecule has 3 nitrogen and oxygen atoms in total. The number of hydrogen-bond donors (Lipinski definition) is 1. The van der Waals surface area contributed by atoms with Gasteiger partial charge in [0.05, 0.1) is 5.69 Å². The Bertz CT molecular complexity index is 655. The van der Waals surface area contributed by atoms with Crippen LogP contribution in [0, 0.1) is 12.3 Å². The Morgan fingerprint density at radius 2 is 1.86 bits per heavy atom. The Balaban J connectivity index is 2.00. The van der Waals surface area contributed by atoms with E-state index in [4.69, 9.17) is 34.5 Å². The number of aliphatic imine (C=N–C) groups is 1. The molecule has 0 aliphatic heterocycles. The quantitative estimate of drug-likeness (QED) is 0.383. The van der Waals surface area contributed by atoms with E-state index in [1.807, 2.05) is 30.3 Å². The van der Waals surface area contributed by atoms with Gasteiger partial charge in [0, 0.05) is 22.0 Å². The molecule has 106 valence electrons. The van der Waals surface area contributed by atoms with E-state index in [1.165, 1.54) is 6.34 Å². The molecule has 0 aliphatic rings. The van der Waals surface area contributed by atoms with E-state index in [1.54, 1.807) is 12.1 Å². The minimum atomic E-state index is 0.386. The van der Waals surface area contributed by atoms with Gasteiger partial charge in [0.15, 0.2) is 5.75 Å². The third-order valence-corrected chi connectivity index (χ3v) is 3.27. The SMILES string of the molecule is C#CCc1c(Cl)cc(N=CNOc2ccccc2)cc1Cl. The zero-order valence-electron chi connectivity index (χ0n) is 11.0. The van der Waals surface area contributed by atoms with Crippen molar-refractivity contribution in [1.82, 2.24) is 5.48 Å². The summed E-state index contributed by atoms with van der Waals surface area (Å²) in [6.07, 6.45) is 7.06. The third-order valence-electron chi connectivity index (χ3n) is 2.59. The summed E-state index contributed by atoms with van der Waals surface area (Å²) in [6, 6.07) is 12.7. The summed E-state index contributed by atoms with van der Waals surface area (Å²) in [4.78, 5) is 9.42. The number of nitrogens with zero attached hydrogens (tertiary/aromatic N) is 1. The first-order valence-electron chi connectivity index (χ1n) is 6.12. The molecule has 0 aliphatic carbocycles. The van der Waals surface area contributed by atoms with Crippen molar-refractivity contribution in [3.63, 3.8) is 0 Å². The van der Waals surface area contributed by atoms with Crippen molar-refractivity contribution in [3.05, 3.63) is 58.1 Å². The molecule has 2 aromatic rings. The van der Waals surface area contributed by atoms with Crippen molar-refractivity contribution in [2.45, 2.75) is 6.42 Å². The van der Waals surface area contributed by atoms with Crippen molar-refractivity contribution in [1.29, 1.82) is 0 Å². The van der Waals surface area contributed by atoms with Gasteiger partial charge in [-0.05, 0) is 24.3 Å². The highest BCUT2D eigenvalue weighted by atomic mass is 35.5. The number of nitrogens with one attached hydrogen (secondary N) is 1. The van der Waals surface area contributed by atoms with Gasteiger partial charge in [-0.2, -0.15) is 0 Å². The van der Waals surface area contributed by atoms with Gasteiger partial charge in [0.25, 0.3) is 0 Å². The number of hydrogen-bond acceptors (Lipinski definition) is 2. The lowest BCUT2D eigenvalue weighted by Crippen LogP contribution is -2.15. The smallest absolute Gasteiger partial charge is 0.155 e. The minimum Gasteiger partial charge on any atom is -0.381 e. The Kier molecular flexibility index (Phi) is 5.51.